The van der Waals surface area contributed by atoms with Gasteiger partial charge in [-0.1, -0.05) is 20.3 Å². The van der Waals surface area contributed by atoms with Crippen LogP contribution in [0.1, 0.15) is 26.7 Å². The summed E-state index contributed by atoms with van der Waals surface area (Å²) in [5.41, 5.74) is 10.4. The number of nitrogens with one attached hydrogen (secondary N) is 3. The van der Waals surface area contributed by atoms with E-state index in [4.69, 9.17) is 16.6 Å². The van der Waals surface area contributed by atoms with Gasteiger partial charge in [-0.2, -0.15) is 12.6 Å². The molecular weight excluding hydrogens is 406 g/mol. The Kier molecular flexibility index (Phi) is 11.9. The number of aliphatic hydroxyl groups excluding tert-OH is 1. The van der Waals surface area contributed by atoms with E-state index in [0.717, 1.165) is 0 Å². The number of nitrogens with two attached hydrogens (primary N) is 2. The summed E-state index contributed by atoms with van der Waals surface area (Å²) in [7, 11) is 0. The monoisotopic (exact) mass is 435 g/mol. The van der Waals surface area contributed by atoms with Gasteiger partial charge in [0.05, 0.1) is 19.1 Å². The number of thiol groups is 1. The van der Waals surface area contributed by atoms with Gasteiger partial charge in [0.2, 0.25) is 23.6 Å². The number of carbonyl (C=O) groups excluding carboxylic acids is 4. The van der Waals surface area contributed by atoms with Crippen molar-refractivity contribution in [1.82, 2.24) is 16.0 Å². The van der Waals surface area contributed by atoms with Crippen molar-refractivity contribution >= 4 is 42.2 Å². The van der Waals surface area contributed by atoms with Crippen LogP contribution >= 0.6 is 12.6 Å². The average molecular weight is 436 g/mol. The highest BCUT2D eigenvalue weighted by molar-refractivity contribution is 7.80. The van der Waals surface area contributed by atoms with Crippen molar-refractivity contribution < 1.29 is 34.2 Å². The van der Waals surface area contributed by atoms with Crippen molar-refractivity contribution in [3.05, 3.63) is 0 Å². The molecule has 5 atom stereocenters. The lowest BCUT2D eigenvalue weighted by atomic mass is 9.97. The molecular formula is C16H29N5O7S. The van der Waals surface area contributed by atoms with Crippen LogP contribution in [0.3, 0.4) is 0 Å². The molecule has 0 bridgehead atoms. The first-order valence-electron chi connectivity index (χ1n) is 8.87. The van der Waals surface area contributed by atoms with Crippen molar-refractivity contribution in [3.63, 3.8) is 0 Å². The smallest absolute Gasteiger partial charge is 0.327 e. The van der Waals surface area contributed by atoms with E-state index in [-0.39, 0.29) is 11.7 Å². The maximum Gasteiger partial charge on any atom is 0.327 e. The Bertz CT molecular complexity index is 618. The highest BCUT2D eigenvalue weighted by Gasteiger charge is 2.32. The zero-order valence-electron chi connectivity index (χ0n) is 16.3. The quantitative estimate of drug-likeness (QED) is 0.137. The van der Waals surface area contributed by atoms with Gasteiger partial charge in [-0.15, -0.1) is 0 Å². The van der Waals surface area contributed by atoms with Crippen LogP contribution in [0.5, 0.6) is 0 Å². The largest absolute Gasteiger partial charge is 0.480 e. The van der Waals surface area contributed by atoms with E-state index < -0.39 is 66.8 Å². The van der Waals surface area contributed by atoms with Crippen LogP contribution in [-0.2, 0) is 24.0 Å². The number of carboxylic acid groups (broad SMARTS) is 1. The number of aliphatic hydroxyl groups is 1. The molecule has 0 aromatic rings. The van der Waals surface area contributed by atoms with E-state index in [1.54, 1.807) is 13.8 Å². The molecule has 166 valence electrons. The molecule has 0 saturated carbocycles. The lowest BCUT2D eigenvalue weighted by Crippen LogP contribution is -2.59. The highest BCUT2D eigenvalue weighted by Crippen LogP contribution is 2.09. The molecule has 5 unspecified atom stereocenters. The van der Waals surface area contributed by atoms with Gasteiger partial charge in [-0.25, -0.2) is 4.79 Å². The Morgan fingerprint density at radius 1 is 1.00 bits per heavy atom. The van der Waals surface area contributed by atoms with Gasteiger partial charge >= 0.3 is 5.97 Å². The van der Waals surface area contributed by atoms with Crippen molar-refractivity contribution in [2.45, 2.75) is 50.9 Å². The fraction of sp³-hybridized carbons (Fsp3) is 0.688. The third kappa shape index (κ3) is 9.11. The number of hydrogen-bond donors (Lipinski definition) is 8. The highest BCUT2D eigenvalue weighted by atomic mass is 32.1. The minimum absolute atomic E-state index is 0.157. The third-order valence-electron chi connectivity index (χ3n) is 4.16. The van der Waals surface area contributed by atoms with Gasteiger partial charge in [0.15, 0.2) is 0 Å². The van der Waals surface area contributed by atoms with E-state index >= 15 is 0 Å². The maximum atomic E-state index is 12.5. The SMILES string of the molecule is CCC(C)C(NC(=O)C(CO)NC(=O)C(N)CC(N)=O)C(=O)NC(CS)C(=O)O. The van der Waals surface area contributed by atoms with Crippen LogP contribution < -0.4 is 27.4 Å². The average Bonchev–Trinajstić information content (AvgIpc) is 2.66. The second-order valence-corrected chi connectivity index (χ2v) is 6.84. The third-order valence-corrected chi connectivity index (χ3v) is 4.53. The number of carboxylic acids is 1. The molecule has 0 radical (unpaired) electrons. The van der Waals surface area contributed by atoms with Crippen LogP contribution in [0.4, 0.5) is 0 Å². The summed E-state index contributed by atoms with van der Waals surface area (Å²) >= 11 is 3.86. The van der Waals surface area contributed by atoms with Crippen molar-refractivity contribution in [1.29, 1.82) is 0 Å². The molecule has 12 nitrogen and oxygen atoms in total. The zero-order chi connectivity index (χ0) is 22.7. The van der Waals surface area contributed by atoms with E-state index in [2.05, 4.69) is 28.6 Å². The lowest BCUT2D eigenvalue weighted by Gasteiger charge is -2.27. The molecule has 0 saturated heterocycles. The summed E-state index contributed by atoms with van der Waals surface area (Å²) in [6, 6.07) is -5.13. The molecule has 9 N–H and O–H groups in total. The van der Waals surface area contributed by atoms with Crippen LogP contribution in [-0.4, -0.2) is 76.3 Å². The molecule has 0 aromatic carbocycles. The summed E-state index contributed by atoms with van der Waals surface area (Å²) in [6.45, 7) is 2.62. The molecule has 0 aromatic heterocycles. The minimum atomic E-state index is -1.44. The second kappa shape index (κ2) is 13.0. The first kappa shape index (κ1) is 26.6. The van der Waals surface area contributed by atoms with Crippen LogP contribution in [0.25, 0.3) is 0 Å². The summed E-state index contributed by atoms with van der Waals surface area (Å²) in [5.74, 6) is -5.17. The number of hydrogen-bond acceptors (Lipinski definition) is 8. The topological polar surface area (TPSA) is 214 Å². The van der Waals surface area contributed by atoms with Crippen molar-refractivity contribution in [2.24, 2.45) is 17.4 Å². The summed E-state index contributed by atoms with van der Waals surface area (Å²) < 4.78 is 0. The van der Waals surface area contributed by atoms with Gasteiger partial charge in [0.25, 0.3) is 0 Å². The molecule has 0 aliphatic heterocycles. The predicted molar refractivity (Wildman–Crippen MR) is 106 cm³/mol. The van der Waals surface area contributed by atoms with Gasteiger partial charge in [0.1, 0.15) is 18.1 Å². The number of carbonyl (C=O) groups is 5. The normalized spacial score (nSPS) is 15.9. The molecule has 0 heterocycles. The summed E-state index contributed by atoms with van der Waals surface area (Å²) in [5, 5.41) is 25.3. The fourth-order valence-corrected chi connectivity index (χ4v) is 2.43. The Labute approximate surface area is 173 Å². The van der Waals surface area contributed by atoms with Gasteiger partial charge in [0, 0.05) is 5.75 Å². The van der Waals surface area contributed by atoms with E-state index in [0.29, 0.717) is 6.42 Å². The van der Waals surface area contributed by atoms with E-state index in [1.807, 2.05) is 0 Å². The summed E-state index contributed by atoms with van der Waals surface area (Å²) in [4.78, 5) is 58.8. The molecule has 0 aliphatic carbocycles. The molecule has 13 heteroatoms. The molecule has 4 amide bonds. The Morgan fingerprint density at radius 2 is 1.55 bits per heavy atom. The molecule has 0 aliphatic rings. The van der Waals surface area contributed by atoms with Crippen molar-refractivity contribution in [3.8, 4) is 0 Å². The zero-order valence-corrected chi connectivity index (χ0v) is 17.1. The Morgan fingerprint density at radius 3 is 1.97 bits per heavy atom. The van der Waals surface area contributed by atoms with Crippen LogP contribution in [0, 0.1) is 5.92 Å². The summed E-state index contributed by atoms with van der Waals surface area (Å²) in [6.07, 6.45) is 0.0143. The molecule has 0 rings (SSSR count). The number of primary amides is 1. The first-order valence-corrected chi connectivity index (χ1v) is 9.51. The van der Waals surface area contributed by atoms with E-state index in [9.17, 15) is 29.1 Å². The van der Waals surface area contributed by atoms with Crippen LogP contribution in [0.2, 0.25) is 0 Å². The lowest BCUT2D eigenvalue weighted by molar-refractivity contribution is -0.142. The van der Waals surface area contributed by atoms with Crippen molar-refractivity contribution in [2.75, 3.05) is 12.4 Å². The van der Waals surface area contributed by atoms with Crippen LogP contribution in [0.15, 0.2) is 0 Å². The first-order chi connectivity index (χ1) is 13.5. The predicted octanol–water partition coefficient (Wildman–Crippen LogP) is -3.30. The Hall–Kier alpha value is -2.38. The van der Waals surface area contributed by atoms with Gasteiger partial charge in [-0.05, 0) is 5.92 Å². The fourth-order valence-electron chi connectivity index (χ4n) is 2.19. The minimum Gasteiger partial charge on any atom is -0.480 e. The number of rotatable bonds is 13. The Balaban J connectivity index is 5.23. The second-order valence-electron chi connectivity index (χ2n) is 6.47. The molecule has 0 fully saturated rings. The standard InChI is InChI=1S/C16H29N5O7S/c1-3-7(2)12(15(26)20-10(6-29)16(27)28)21-14(25)9(5-22)19-13(24)8(17)4-11(18)23/h7-10,12,22,29H,3-6,17H2,1-2H3,(H2,18,23)(H,19,24)(H,20,26)(H,21,25)(H,27,28). The molecule has 0 spiro atoms. The number of amides is 4. The number of aliphatic carboxylic acids is 1. The maximum absolute atomic E-state index is 12.5. The van der Waals surface area contributed by atoms with Gasteiger partial charge in [-0.3, -0.25) is 19.2 Å². The van der Waals surface area contributed by atoms with E-state index in [1.165, 1.54) is 0 Å². The molecule has 29 heavy (non-hydrogen) atoms. The van der Waals surface area contributed by atoms with Gasteiger partial charge < -0.3 is 37.6 Å².